The summed E-state index contributed by atoms with van der Waals surface area (Å²) in [6.07, 6.45) is 3.02. The number of aromatic nitrogens is 1. The Hall–Kier alpha value is -2.54. The van der Waals surface area contributed by atoms with Gasteiger partial charge in [-0.15, -0.1) is 11.3 Å². The minimum Gasteiger partial charge on any atom is -0.335 e. The summed E-state index contributed by atoms with van der Waals surface area (Å²) in [5, 5.41) is 11.8. The van der Waals surface area contributed by atoms with Gasteiger partial charge in [0.2, 0.25) is 5.91 Å². The second kappa shape index (κ2) is 7.35. The molecule has 1 aromatic carbocycles. The van der Waals surface area contributed by atoms with E-state index in [1.807, 2.05) is 20.8 Å². The molecule has 24 heavy (non-hydrogen) atoms. The largest absolute Gasteiger partial charge is 0.335 e. The normalized spacial score (nSPS) is 12.3. The molecule has 0 unspecified atom stereocenters. The number of carbonyl (C=O) groups excluding carboxylic acids is 1. The monoisotopic (exact) mass is 345 g/mol. The number of rotatable bonds is 5. The Morgan fingerprint density at radius 2 is 2.12 bits per heavy atom. The van der Waals surface area contributed by atoms with Gasteiger partial charge >= 0.3 is 0 Å². The van der Waals surface area contributed by atoms with Crippen molar-refractivity contribution < 1.29 is 9.72 Å². The summed E-state index contributed by atoms with van der Waals surface area (Å²) in [4.78, 5) is 29.8. The van der Waals surface area contributed by atoms with Gasteiger partial charge < -0.3 is 4.90 Å². The molecule has 0 bridgehead atoms. The van der Waals surface area contributed by atoms with E-state index in [1.165, 1.54) is 18.2 Å². The Kier molecular flexibility index (Phi) is 5.46. The molecule has 0 fully saturated rings. The number of nitro benzene ring substituents is 1. The zero-order valence-electron chi connectivity index (χ0n) is 14.0. The van der Waals surface area contributed by atoms with Gasteiger partial charge in [-0.1, -0.05) is 12.1 Å². The van der Waals surface area contributed by atoms with E-state index >= 15 is 0 Å². The van der Waals surface area contributed by atoms with Gasteiger partial charge in [0.15, 0.2) is 0 Å². The van der Waals surface area contributed by atoms with Crippen molar-refractivity contribution in [1.82, 2.24) is 9.88 Å². The van der Waals surface area contributed by atoms with Gasteiger partial charge in [-0.05, 0) is 32.4 Å². The fourth-order valence-electron chi connectivity index (χ4n) is 2.33. The molecule has 1 aromatic heterocycles. The van der Waals surface area contributed by atoms with Crippen LogP contribution in [-0.4, -0.2) is 27.8 Å². The number of thiazole rings is 1. The van der Waals surface area contributed by atoms with Crippen molar-refractivity contribution in [3.8, 4) is 0 Å². The standard InChI is InChI=1S/C17H19N3O3S/c1-11-17(24-13(3)18-11)12(2)19(4)16(21)9-8-14-6-5-7-15(10-14)20(22)23/h5-10,12H,1-4H3/b9-8-/t12-/m1/s1. The molecule has 7 heteroatoms. The number of hydrogen-bond donors (Lipinski definition) is 0. The summed E-state index contributed by atoms with van der Waals surface area (Å²) in [5.74, 6) is -0.167. The van der Waals surface area contributed by atoms with Gasteiger partial charge in [0.05, 0.1) is 21.7 Å². The molecule has 0 aliphatic carbocycles. The van der Waals surface area contributed by atoms with Crippen molar-refractivity contribution in [1.29, 1.82) is 0 Å². The van der Waals surface area contributed by atoms with Crippen LogP contribution in [0, 0.1) is 24.0 Å². The molecule has 2 aromatic rings. The highest BCUT2D eigenvalue weighted by Gasteiger charge is 2.20. The number of amides is 1. The topological polar surface area (TPSA) is 76.3 Å². The Morgan fingerprint density at radius 3 is 2.71 bits per heavy atom. The Bertz CT molecular complexity index is 798. The lowest BCUT2D eigenvalue weighted by Crippen LogP contribution is -2.27. The minimum absolute atomic E-state index is 0.00193. The molecule has 1 atom stereocenters. The lowest BCUT2D eigenvalue weighted by Gasteiger charge is -2.23. The smallest absolute Gasteiger partial charge is 0.270 e. The summed E-state index contributed by atoms with van der Waals surface area (Å²) in [6, 6.07) is 6.08. The molecule has 0 radical (unpaired) electrons. The van der Waals surface area contributed by atoms with Gasteiger partial charge in [-0.25, -0.2) is 4.98 Å². The number of nitrogens with zero attached hydrogens (tertiary/aromatic N) is 3. The average molecular weight is 345 g/mol. The van der Waals surface area contributed by atoms with Crippen LogP contribution in [0.2, 0.25) is 0 Å². The summed E-state index contributed by atoms with van der Waals surface area (Å²) < 4.78 is 0. The van der Waals surface area contributed by atoms with E-state index in [1.54, 1.807) is 41.5 Å². The maximum Gasteiger partial charge on any atom is 0.270 e. The zero-order chi connectivity index (χ0) is 17.9. The number of carbonyl (C=O) groups is 1. The van der Waals surface area contributed by atoms with E-state index < -0.39 is 4.92 Å². The fourth-order valence-corrected chi connectivity index (χ4v) is 3.35. The van der Waals surface area contributed by atoms with Crippen molar-refractivity contribution in [3.63, 3.8) is 0 Å². The van der Waals surface area contributed by atoms with Gasteiger partial charge in [-0.2, -0.15) is 0 Å². The Balaban J connectivity index is 2.12. The third kappa shape index (κ3) is 4.05. The lowest BCUT2D eigenvalue weighted by atomic mass is 10.1. The van der Waals surface area contributed by atoms with E-state index in [-0.39, 0.29) is 17.6 Å². The number of hydrogen-bond acceptors (Lipinski definition) is 5. The molecular formula is C17H19N3O3S. The van der Waals surface area contributed by atoms with Crippen LogP contribution in [0.3, 0.4) is 0 Å². The zero-order valence-corrected chi connectivity index (χ0v) is 14.8. The van der Waals surface area contributed by atoms with Gasteiger partial charge in [-0.3, -0.25) is 14.9 Å². The van der Waals surface area contributed by atoms with Crippen molar-refractivity contribution in [3.05, 3.63) is 61.6 Å². The SMILES string of the molecule is Cc1nc(C)c([C@@H](C)N(C)C(=O)/C=C\c2cccc([N+](=O)[O-])c2)s1. The summed E-state index contributed by atoms with van der Waals surface area (Å²) in [6.45, 7) is 5.84. The molecule has 0 N–H and O–H groups in total. The highest BCUT2D eigenvalue weighted by Crippen LogP contribution is 2.28. The minimum atomic E-state index is -0.456. The lowest BCUT2D eigenvalue weighted by molar-refractivity contribution is -0.384. The predicted octanol–water partition coefficient (Wildman–Crippen LogP) is 3.90. The highest BCUT2D eigenvalue weighted by atomic mass is 32.1. The third-order valence-corrected chi connectivity index (χ3v) is 4.99. The van der Waals surface area contributed by atoms with E-state index in [4.69, 9.17) is 0 Å². The number of aryl methyl sites for hydroxylation is 2. The first-order chi connectivity index (χ1) is 11.3. The van der Waals surface area contributed by atoms with Crippen molar-refractivity contribution in [2.24, 2.45) is 0 Å². The second-order valence-electron chi connectivity index (χ2n) is 5.49. The van der Waals surface area contributed by atoms with Crippen LogP contribution < -0.4 is 0 Å². The molecule has 0 saturated carbocycles. The fraction of sp³-hybridized carbons (Fsp3) is 0.294. The molecule has 2 rings (SSSR count). The van der Waals surface area contributed by atoms with Crippen molar-refractivity contribution in [2.75, 3.05) is 7.05 Å². The first-order valence-corrected chi connectivity index (χ1v) is 8.24. The average Bonchev–Trinajstić information content (AvgIpc) is 2.89. The molecule has 6 nitrogen and oxygen atoms in total. The van der Waals surface area contributed by atoms with E-state index in [9.17, 15) is 14.9 Å². The summed E-state index contributed by atoms with van der Waals surface area (Å²) in [5.41, 5.74) is 1.55. The van der Waals surface area contributed by atoms with E-state index in [2.05, 4.69) is 4.98 Å². The number of likely N-dealkylation sites (N-methyl/N-ethyl adjacent to an activating group) is 1. The molecule has 1 heterocycles. The van der Waals surface area contributed by atoms with E-state index in [0.717, 1.165) is 15.6 Å². The summed E-state index contributed by atoms with van der Waals surface area (Å²) in [7, 11) is 1.74. The van der Waals surface area contributed by atoms with Crippen LogP contribution in [0.25, 0.3) is 6.08 Å². The summed E-state index contributed by atoms with van der Waals surface area (Å²) >= 11 is 1.58. The van der Waals surface area contributed by atoms with Crippen LogP contribution in [-0.2, 0) is 4.79 Å². The van der Waals surface area contributed by atoms with Crippen molar-refractivity contribution in [2.45, 2.75) is 26.8 Å². The van der Waals surface area contributed by atoms with Crippen LogP contribution in [0.5, 0.6) is 0 Å². The number of benzene rings is 1. The van der Waals surface area contributed by atoms with Gasteiger partial charge in [0, 0.05) is 30.1 Å². The molecular weight excluding hydrogens is 326 g/mol. The van der Waals surface area contributed by atoms with Gasteiger partial charge in [0.1, 0.15) is 0 Å². The molecule has 1 amide bonds. The maximum atomic E-state index is 12.4. The Labute approximate surface area is 144 Å². The molecule has 126 valence electrons. The first-order valence-electron chi connectivity index (χ1n) is 7.43. The highest BCUT2D eigenvalue weighted by molar-refractivity contribution is 7.11. The van der Waals surface area contributed by atoms with E-state index in [0.29, 0.717) is 5.56 Å². The molecule has 0 spiro atoms. The van der Waals surface area contributed by atoms with Gasteiger partial charge in [0.25, 0.3) is 5.69 Å². The predicted molar refractivity (Wildman–Crippen MR) is 94.9 cm³/mol. The quantitative estimate of drug-likeness (QED) is 0.468. The number of non-ortho nitro benzene ring substituents is 1. The van der Waals surface area contributed by atoms with Crippen LogP contribution >= 0.6 is 11.3 Å². The second-order valence-corrected chi connectivity index (χ2v) is 6.73. The number of nitro groups is 1. The van der Waals surface area contributed by atoms with Crippen LogP contribution in [0.15, 0.2) is 30.3 Å². The first kappa shape index (κ1) is 17.8. The molecule has 0 aliphatic rings. The van der Waals surface area contributed by atoms with Crippen LogP contribution in [0.1, 0.15) is 34.1 Å². The van der Waals surface area contributed by atoms with Crippen molar-refractivity contribution >= 4 is 29.0 Å². The molecule has 0 aliphatic heterocycles. The Morgan fingerprint density at radius 1 is 1.42 bits per heavy atom. The molecule has 0 saturated heterocycles. The maximum absolute atomic E-state index is 12.4. The third-order valence-electron chi connectivity index (χ3n) is 3.75. The van der Waals surface area contributed by atoms with Crippen LogP contribution in [0.4, 0.5) is 5.69 Å².